The van der Waals surface area contributed by atoms with Crippen LogP contribution in [0, 0.1) is 0 Å². The fourth-order valence-electron chi connectivity index (χ4n) is 3.42. The van der Waals surface area contributed by atoms with Gasteiger partial charge in [-0.3, -0.25) is 0 Å². The molecule has 176 valence electrons. The summed E-state index contributed by atoms with van der Waals surface area (Å²) in [5.74, 6) is 1.61. The molecule has 1 aromatic heterocycles. The fourth-order valence-corrected chi connectivity index (χ4v) is 5.02. The number of nitrogens with zero attached hydrogens (tertiary/aromatic N) is 2. The highest BCUT2D eigenvalue weighted by Crippen LogP contribution is 2.22. The zero-order valence-corrected chi connectivity index (χ0v) is 20.4. The number of aromatic nitrogens is 1. The smallest absolute Gasteiger partial charge is 0.243 e. The van der Waals surface area contributed by atoms with Gasteiger partial charge in [0.25, 0.3) is 0 Å². The Kier molecular flexibility index (Phi) is 9.54. The largest absolute Gasteiger partial charge is 0.497 e. The fraction of sp³-hybridized carbons (Fsp3) is 0.320. The number of hydrogen-bond donors (Lipinski definition) is 1. The average molecular weight is 488 g/mol. The van der Waals surface area contributed by atoms with E-state index in [0.717, 1.165) is 49.4 Å². The maximum absolute atomic E-state index is 13.3. The number of sulfonamides is 1. The molecule has 0 fully saturated rings. The van der Waals surface area contributed by atoms with Crippen molar-refractivity contribution in [3.8, 4) is 5.75 Å². The predicted octanol–water partition coefficient (Wildman–Crippen LogP) is 5.61. The summed E-state index contributed by atoms with van der Waals surface area (Å²) in [6.45, 7) is 1.59. The van der Waals surface area contributed by atoms with E-state index < -0.39 is 10.0 Å². The van der Waals surface area contributed by atoms with Crippen LogP contribution in [0.5, 0.6) is 5.75 Å². The van der Waals surface area contributed by atoms with Crippen LogP contribution >= 0.6 is 11.6 Å². The summed E-state index contributed by atoms with van der Waals surface area (Å²) in [5, 5.41) is 3.81. The highest BCUT2D eigenvalue weighted by molar-refractivity contribution is 7.89. The molecule has 0 saturated carbocycles. The topological polar surface area (TPSA) is 71.5 Å². The Hall–Kier alpha value is -2.61. The first-order chi connectivity index (χ1) is 16.0. The Morgan fingerprint density at radius 1 is 0.939 bits per heavy atom. The zero-order chi connectivity index (χ0) is 23.5. The average Bonchev–Trinajstić information content (AvgIpc) is 2.84. The molecule has 0 aliphatic heterocycles. The van der Waals surface area contributed by atoms with E-state index in [1.807, 2.05) is 42.5 Å². The summed E-state index contributed by atoms with van der Waals surface area (Å²) in [5.41, 5.74) is 0.910. The predicted molar refractivity (Wildman–Crippen MR) is 133 cm³/mol. The van der Waals surface area contributed by atoms with Gasteiger partial charge in [0, 0.05) is 30.9 Å². The molecule has 3 aromatic rings. The molecular formula is C25H30ClN3O3S. The normalized spacial score (nSPS) is 11.5. The quantitative estimate of drug-likeness (QED) is 0.317. The minimum absolute atomic E-state index is 0.250. The molecule has 0 spiro atoms. The summed E-state index contributed by atoms with van der Waals surface area (Å²) >= 11 is 5.95. The summed E-state index contributed by atoms with van der Waals surface area (Å²) in [6, 6.07) is 19.6. The number of unbranched alkanes of at least 4 members (excludes halogenated alkanes) is 3. The van der Waals surface area contributed by atoms with Crippen molar-refractivity contribution >= 4 is 27.4 Å². The first-order valence-electron chi connectivity index (χ1n) is 11.0. The first-order valence-corrected chi connectivity index (χ1v) is 12.8. The van der Waals surface area contributed by atoms with Gasteiger partial charge in [-0.2, -0.15) is 4.31 Å². The maximum atomic E-state index is 13.3. The molecule has 8 heteroatoms. The Balaban J connectivity index is 1.57. The Labute approximate surface area is 201 Å². The molecule has 33 heavy (non-hydrogen) atoms. The van der Waals surface area contributed by atoms with Crippen LogP contribution in [0.1, 0.15) is 31.2 Å². The molecular weight excluding hydrogens is 458 g/mol. The molecule has 2 aromatic carbocycles. The van der Waals surface area contributed by atoms with Crippen LogP contribution in [0.3, 0.4) is 0 Å². The summed E-state index contributed by atoms with van der Waals surface area (Å²) in [6.07, 6.45) is 5.50. The van der Waals surface area contributed by atoms with Gasteiger partial charge in [0.15, 0.2) is 0 Å². The SMILES string of the molecule is COc1ccc(CN(CCCCCCNc2ccccn2)S(=O)(=O)c2ccc(Cl)cc2)cc1. The minimum atomic E-state index is -3.64. The number of benzene rings is 2. The lowest BCUT2D eigenvalue weighted by molar-refractivity contribution is 0.391. The molecule has 0 unspecified atom stereocenters. The number of hydrogen-bond acceptors (Lipinski definition) is 5. The number of rotatable bonds is 13. The van der Waals surface area contributed by atoms with Crippen LogP contribution < -0.4 is 10.1 Å². The molecule has 0 bridgehead atoms. The molecule has 0 radical (unpaired) electrons. The number of halogens is 1. The molecule has 0 aliphatic carbocycles. The Morgan fingerprint density at radius 3 is 2.33 bits per heavy atom. The number of pyridine rings is 1. The van der Waals surface area contributed by atoms with Crippen molar-refractivity contribution in [1.29, 1.82) is 0 Å². The van der Waals surface area contributed by atoms with Gasteiger partial charge in [0.05, 0.1) is 12.0 Å². The third kappa shape index (κ3) is 7.74. The maximum Gasteiger partial charge on any atom is 0.243 e. The van der Waals surface area contributed by atoms with Gasteiger partial charge in [-0.15, -0.1) is 0 Å². The van der Waals surface area contributed by atoms with Crippen molar-refractivity contribution in [3.63, 3.8) is 0 Å². The lowest BCUT2D eigenvalue weighted by Crippen LogP contribution is -2.31. The molecule has 0 saturated heterocycles. The summed E-state index contributed by atoms with van der Waals surface area (Å²) < 4.78 is 33.4. The second-order valence-electron chi connectivity index (χ2n) is 7.70. The third-order valence-corrected chi connectivity index (χ3v) is 7.39. The molecule has 6 nitrogen and oxygen atoms in total. The number of anilines is 1. The summed E-state index contributed by atoms with van der Waals surface area (Å²) in [7, 11) is -2.03. The van der Waals surface area contributed by atoms with Crippen molar-refractivity contribution in [3.05, 3.63) is 83.5 Å². The monoisotopic (exact) mass is 487 g/mol. The molecule has 1 heterocycles. The zero-order valence-electron chi connectivity index (χ0n) is 18.8. The van der Waals surface area contributed by atoms with E-state index in [-0.39, 0.29) is 4.90 Å². The van der Waals surface area contributed by atoms with Crippen LogP contribution in [0.25, 0.3) is 0 Å². The Bertz CT molecular complexity index is 1080. The molecule has 1 N–H and O–H groups in total. The van der Waals surface area contributed by atoms with Crippen molar-refractivity contribution < 1.29 is 13.2 Å². The number of nitrogens with one attached hydrogen (secondary N) is 1. The van der Waals surface area contributed by atoms with E-state index in [4.69, 9.17) is 16.3 Å². The van der Waals surface area contributed by atoms with Crippen molar-refractivity contribution in [2.24, 2.45) is 0 Å². The van der Waals surface area contributed by atoms with Gasteiger partial charge >= 0.3 is 0 Å². The van der Waals surface area contributed by atoms with E-state index in [2.05, 4.69) is 10.3 Å². The van der Waals surface area contributed by atoms with Crippen LogP contribution in [-0.4, -0.2) is 37.9 Å². The van der Waals surface area contributed by atoms with E-state index >= 15 is 0 Å². The van der Waals surface area contributed by atoms with Crippen molar-refractivity contribution in [2.45, 2.75) is 37.1 Å². The lowest BCUT2D eigenvalue weighted by atomic mass is 10.2. The lowest BCUT2D eigenvalue weighted by Gasteiger charge is -2.22. The van der Waals surface area contributed by atoms with E-state index in [1.54, 1.807) is 41.9 Å². The third-order valence-electron chi connectivity index (χ3n) is 5.27. The molecule has 0 atom stereocenters. The van der Waals surface area contributed by atoms with E-state index in [0.29, 0.717) is 18.1 Å². The first kappa shape index (κ1) is 25.0. The Morgan fingerprint density at radius 2 is 1.67 bits per heavy atom. The van der Waals surface area contributed by atoms with Crippen LogP contribution in [-0.2, 0) is 16.6 Å². The highest BCUT2D eigenvalue weighted by atomic mass is 35.5. The van der Waals surface area contributed by atoms with Gasteiger partial charge < -0.3 is 10.1 Å². The van der Waals surface area contributed by atoms with Gasteiger partial charge in [-0.1, -0.05) is 42.6 Å². The van der Waals surface area contributed by atoms with Crippen LogP contribution in [0.2, 0.25) is 5.02 Å². The standard InChI is InChI=1S/C25H30ClN3O3S/c1-32-23-13-9-21(10-14-23)20-29(33(30,31)24-15-11-22(26)12-16-24)19-7-3-2-5-17-27-25-8-4-6-18-28-25/h4,6,8-16,18H,2-3,5,7,17,19-20H2,1H3,(H,27,28). The van der Waals surface area contributed by atoms with Crippen LogP contribution in [0.4, 0.5) is 5.82 Å². The number of methoxy groups -OCH3 is 1. The van der Waals surface area contributed by atoms with Crippen LogP contribution in [0.15, 0.2) is 77.8 Å². The molecule has 0 amide bonds. The summed E-state index contributed by atoms with van der Waals surface area (Å²) in [4.78, 5) is 4.50. The van der Waals surface area contributed by atoms with Gasteiger partial charge in [0.2, 0.25) is 10.0 Å². The minimum Gasteiger partial charge on any atom is -0.497 e. The number of ether oxygens (including phenoxy) is 1. The second-order valence-corrected chi connectivity index (χ2v) is 10.1. The van der Waals surface area contributed by atoms with Gasteiger partial charge in [0.1, 0.15) is 11.6 Å². The van der Waals surface area contributed by atoms with E-state index in [9.17, 15) is 8.42 Å². The van der Waals surface area contributed by atoms with Gasteiger partial charge in [-0.05, 0) is 66.9 Å². The van der Waals surface area contributed by atoms with E-state index in [1.165, 1.54) is 0 Å². The van der Waals surface area contributed by atoms with Crippen molar-refractivity contribution in [2.75, 3.05) is 25.5 Å². The van der Waals surface area contributed by atoms with Crippen molar-refractivity contribution in [1.82, 2.24) is 9.29 Å². The van der Waals surface area contributed by atoms with Gasteiger partial charge in [-0.25, -0.2) is 13.4 Å². The molecule has 0 aliphatic rings. The highest BCUT2D eigenvalue weighted by Gasteiger charge is 2.24. The second kappa shape index (κ2) is 12.6. The molecule has 3 rings (SSSR count).